The lowest BCUT2D eigenvalue weighted by molar-refractivity contribution is -0.116. The molecule has 0 saturated carbocycles. The van der Waals surface area contributed by atoms with Gasteiger partial charge in [-0.1, -0.05) is 0 Å². The molecule has 0 aliphatic heterocycles. The number of amides is 1. The first kappa shape index (κ1) is 17.9. The summed E-state index contributed by atoms with van der Waals surface area (Å²) in [5.41, 5.74) is 0.548. The smallest absolute Gasteiger partial charge is 0.341 e. The Hall–Kier alpha value is -2.48. The number of esters is 1. The SMILES string of the molecule is CCOC(=O)c1c(NC(=O)Cn2cc(F)ccc2=O)sc(C)c1C. The number of nitrogens with one attached hydrogen (secondary N) is 1. The number of rotatable bonds is 5. The van der Waals surface area contributed by atoms with E-state index in [1.165, 1.54) is 11.3 Å². The van der Waals surface area contributed by atoms with Crippen LogP contribution >= 0.6 is 11.3 Å². The summed E-state index contributed by atoms with van der Waals surface area (Å²) in [6, 6.07) is 2.08. The Kier molecular flexibility index (Phi) is 5.50. The van der Waals surface area contributed by atoms with Gasteiger partial charge in [0.2, 0.25) is 5.91 Å². The van der Waals surface area contributed by atoms with E-state index < -0.39 is 23.3 Å². The molecule has 0 saturated heterocycles. The number of nitrogens with zero attached hydrogens (tertiary/aromatic N) is 1. The second kappa shape index (κ2) is 7.39. The zero-order chi connectivity index (χ0) is 17.9. The molecule has 6 nitrogen and oxygen atoms in total. The highest BCUT2D eigenvalue weighted by Gasteiger charge is 2.22. The quantitative estimate of drug-likeness (QED) is 0.839. The van der Waals surface area contributed by atoms with Gasteiger partial charge in [0.15, 0.2) is 0 Å². The van der Waals surface area contributed by atoms with Crippen LogP contribution < -0.4 is 10.9 Å². The molecule has 24 heavy (non-hydrogen) atoms. The lowest BCUT2D eigenvalue weighted by Crippen LogP contribution is -2.27. The summed E-state index contributed by atoms with van der Waals surface area (Å²) in [5, 5.41) is 2.96. The summed E-state index contributed by atoms with van der Waals surface area (Å²) in [5.74, 6) is -1.66. The zero-order valence-corrected chi connectivity index (χ0v) is 14.3. The van der Waals surface area contributed by atoms with Crippen LogP contribution in [0.25, 0.3) is 0 Å². The van der Waals surface area contributed by atoms with Crippen LogP contribution in [0.15, 0.2) is 23.1 Å². The maximum atomic E-state index is 13.2. The number of carbonyl (C=O) groups is 2. The molecule has 0 fully saturated rings. The van der Waals surface area contributed by atoms with Gasteiger partial charge in [0.1, 0.15) is 17.4 Å². The third kappa shape index (κ3) is 3.88. The Morgan fingerprint density at radius 2 is 2.04 bits per heavy atom. The predicted octanol–water partition coefficient (Wildman–Crippen LogP) is 2.48. The molecule has 2 heterocycles. The third-order valence-corrected chi connectivity index (χ3v) is 4.50. The lowest BCUT2D eigenvalue weighted by Gasteiger charge is -2.08. The molecule has 0 atom stereocenters. The molecular formula is C16H17FN2O4S. The summed E-state index contributed by atoms with van der Waals surface area (Å²) in [7, 11) is 0. The first-order valence-corrected chi connectivity index (χ1v) is 8.08. The number of carbonyl (C=O) groups excluding carboxylic acids is 2. The van der Waals surface area contributed by atoms with Gasteiger partial charge in [-0.25, -0.2) is 9.18 Å². The van der Waals surface area contributed by atoms with Crippen LogP contribution in [0.3, 0.4) is 0 Å². The van der Waals surface area contributed by atoms with Crippen molar-refractivity contribution in [3.63, 3.8) is 0 Å². The zero-order valence-electron chi connectivity index (χ0n) is 13.5. The third-order valence-electron chi connectivity index (χ3n) is 3.38. The molecule has 2 rings (SSSR count). The van der Waals surface area contributed by atoms with Crippen molar-refractivity contribution in [2.45, 2.75) is 27.3 Å². The van der Waals surface area contributed by atoms with Crippen molar-refractivity contribution >= 4 is 28.2 Å². The molecule has 0 unspecified atom stereocenters. The van der Waals surface area contributed by atoms with Gasteiger partial charge in [-0.2, -0.15) is 0 Å². The Morgan fingerprint density at radius 1 is 1.33 bits per heavy atom. The normalized spacial score (nSPS) is 10.5. The van der Waals surface area contributed by atoms with Crippen molar-refractivity contribution in [2.75, 3.05) is 11.9 Å². The Morgan fingerprint density at radius 3 is 2.71 bits per heavy atom. The number of aromatic nitrogens is 1. The number of anilines is 1. The van der Waals surface area contributed by atoms with Crippen molar-refractivity contribution < 1.29 is 18.7 Å². The summed E-state index contributed by atoms with van der Waals surface area (Å²) in [4.78, 5) is 36.7. The maximum absolute atomic E-state index is 13.2. The molecule has 1 N–H and O–H groups in total. The lowest BCUT2D eigenvalue weighted by atomic mass is 10.1. The second-order valence-corrected chi connectivity index (χ2v) is 6.29. The highest BCUT2D eigenvalue weighted by molar-refractivity contribution is 7.16. The summed E-state index contributed by atoms with van der Waals surface area (Å²) < 4.78 is 19.2. The fourth-order valence-corrected chi connectivity index (χ4v) is 3.18. The Labute approximate surface area is 141 Å². The van der Waals surface area contributed by atoms with Crippen molar-refractivity contribution in [1.82, 2.24) is 4.57 Å². The summed E-state index contributed by atoms with van der Waals surface area (Å²) >= 11 is 1.25. The molecule has 0 aliphatic rings. The minimum absolute atomic E-state index is 0.221. The van der Waals surface area contributed by atoms with Crippen molar-refractivity contribution in [3.8, 4) is 0 Å². The van der Waals surface area contributed by atoms with Crippen molar-refractivity contribution in [3.05, 3.63) is 50.5 Å². The topological polar surface area (TPSA) is 77.4 Å². The minimum Gasteiger partial charge on any atom is -0.462 e. The maximum Gasteiger partial charge on any atom is 0.341 e. The molecule has 0 aromatic carbocycles. The van der Waals surface area contributed by atoms with Gasteiger partial charge in [0.25, 0.3) is 5.56 Å². The van der Waals surface area contributed by atoms with E-state index in [2.05, 4.69) is 5.32 Å². The van der Waals surface area contributed by atoms with Crippen LogP contribution in [0.5, 0.6) is 0 Å². The van der Waals surface area contributed by atoms with Gasteiger partial charge in [0.05, 0.1) is 12.2 Å². The van der Waals surface area contributed by atoms with Crippen molar-refractivity contribution in [1.29, 1.82) is 0 Å². The van der Waals surface area contributed by atoms with Gasteiger partial charge >= 0.3 is 5.97 Å². The minimum atomic E-state index is -0.613. The van der Waals surface area contributed by atoms with Crippen LogP contribution in [0, 0.1) is 19.7 Å². The monoisotopic (exact) mass is 352 g/mol. The first-order chi connectivity index (χ1) is 11.3. The van der Waals surface area contributed by atoms with Crippen LogP contribution in [0.4, 0.5) is 9.39 Å². The molecule has 2 aromatic rings. The Bertz CT molecular complexity index is 841. The molecule has 128 valence electrons. The average molecular weight is 352 g/mol. The summed E-state index contributed by atoms with van der Waals surface area (Å²) in [6.07, 6.45) is 0.957. The van der Waals surface area contributed by atoms with E-state index >= 15 is 0 Å². The van der Waals surface area contributed by atoms with Gasteiger partial charge in [0, 0.05) is 17.1 Å². The van der Waals surface area contributed by atoms with E-state index in [-0.39, 0.29) is 13.2 Å². The van der Waals surface area contributed by atoms with Gasteiger partial charge in [-0.05, 0) is 32.4 Å². The van der Waals surface area contributed by atoms with Crippen molar-refractivity contribution in [2.24, 2.45) is 0 Å². The van der Waals surface area contributed by atoms with E-state index in [4.69, 9.17) is 4.74 Å². The number of pyridine rings is 1. The Balaban J connectivity index is 2.23. The number of hydrogen-bond donors (Lipinski definition) is 1. The first-order valence-electron chi connectivity index (χ1n) is 7.26. The molecule has 0 radical (unpaired) electrons. The number of thiophene rings is 1. The van der Waals surface area contributed by atoms with Crippen LogP contribution in [-0.2, 0) is 16.1 Å². The number of hydrogen-bond acceptors (Lipinski definition) is 5. The van der Waals surface area contributed by atoms with Gasteiger partial charge in [-0.15, -0.1) is 11.3 Å². The van der Waals surface area contributed by atoms with Crippen LogP contribution in [0.2, 0.25) is 0 Å². The van der Waals surface area contributed by atoms with E-state index in [1.807, 2.05) is 6.92 Å². The van der Waals surface area contributed by atoms with E-state index in [0.717, 1.165) is 33.3 Å². The number of ether oxygens (including phenoxy) is 1. The van der Waals surface area contributed by atoms with E-state index in [9.17, 15) is 18.8 Å². The van der Waals surface area contributed by atoms with E-state index in [0.29, 0.717) is 10.6 Å². The number of halogens is 1. The fourth-order valence-electron chi connectivity index (χ4n) is 2.11. The largest absolute Gasteiger partial charge is 0.462 e. The second-order valence-electron chi connectivity index (χ2n) is 5.07. The predicted molar refractivity (Wildman–Crippen MR) is 89.0 cm³/mol. The fraction of sp³-hybridized carbons (Fsp3) is 0.312. The highest BCUT2D eigenvalue weighted by atomic mass is 32.1. The number of aryl methyl sites for hydroxylation is 1. The van der Waals surface area contributed by atoms with Gasteiger partial charge < -0.3 is 14.6 Å². The van der Waals surface area contributed by atoms with Crippen LogP contribution in [-0.4, -0.2) is 23.1 Å². The molecule has 0 bridgehead atoms. The molecule has 2 aromatic heterocycles. The average Bonchev–Trinajstić information content (AvgIpc) is 2.77. The van der Waals surface area contributed by atoms with Gasteiger partial charge in [-0.3, -0.25) is 9.59 Å². The molecule has 0 aliphatic carbocycles. The standard InChI is InChI=1S/C16H17FN2O4S/c1-4-23-16(22)14-9(2)10(3)24-15(14)18-12(20)8-19-7-11(17)5-6-13(19)21/h5-7H,4,8H2,1-3H3,(H,18,20). The molecule has 1 amide bonds. The summed E-state index contributed by atoms with van der Waals surface area (Å²) in [6.45, 7) is 5.16. The van der Waals surface area contributed by atoms with E-state index in [1.54, 1.807) is 13.8 Å². The molecular weight excluding hydrogens is 335 g/mol. The highest BCUT2D eigenvalue weighted by Crippen LogP contribution is 2.33. The van der Waals surface area contributed by atoms with Crippen LogP contribution in [0.1, 0.15) is 27.7 Å². The molecule has 0 spiro atoms. The molecule has 8 heteroatoms.